The van der Waals surface area contributed by atoms with E-state index in [0.717, 1.165) is 23.8 Å². The first kappa shape index (κ1) is 27.0. The van der Waals surface area contributed by atoms with E-state index in [1.54, 1.807) is 12.4 Å². The second kappa shape index (κ2) is 14.1. The van der Waals surface area contributed by atoms with Crippen LogP contribution in [-0.4, -0.2) is 70.5 Å². The predicted octanol–water partition coefficient (Wildman–Crippen LogP) is 3.08. The van der Waals surface area contributed by atoms with Crippen molar-refractivity contribution >= 4 is 18.0 Å². The van der Waals surface area contributed by atoms with E-state index in [4.69, 9.17) is 14.3 Å². The summed E-state index contributed by atoms with van der Waals surface area (Å²) in [4.78, 5) is 54.0. The molecule has 2 amide bonds. The van der Waals surface area contributed by atoms with Crippen LogP contribution in [0, 0.1) is 12.8 Å². The highest BCUT2D eigenvalue weighted by molar-refractivity contribution is 5.94. The van der Waals surface area contributed by atoms with Gasteiger partial charge in [-0.25, -0.2) is 0 Å². The Morgan fingerprint density at radius 1 is 1.00 bits per heavy atom. The first-order valence-electron chi connectivity index (χ1n) is 12.6. The van der Waals surface area contributed by atoms with Crippen molar-refractivity contribution in [1.82, 2.24) is 19.8 Å². The lowest BCUT2D eigenvalue weighted by atomic mass is 9.87. The molecule has 9 heteroatoms. The number of hydrogen-bond acceptors (Lipinski definition) is 7. The summed E-state index contributed by atoms with van der Waals surface area (Å²) in [5.41, 5.74) is 2.13. The van der Waals surface area contributed by atoms with Crippen LogP contribution in [-0.2, 0) is 20.8 Å². The molecule has 0 N–H and O–H groups in total. The SMILES string of the molecule is Cc1nccnc1CC(=O)N1CCN(C(=O)c2cccc(OCCC3CCCCC3)c2)CC1.O=C=O. The zero-order chi connectivity index (χ0) is 25.8. The fourth-order valence-electron chi connectivity index (χ4n) is 4.74. The Morgan fingerprint density at radius 3 is 2.36 bits per heavy atom. The number of amides is 2. The van der Waals surface area contributed by atoms with Gasteiger partial charge in [0.15, 0.2) is 0 Å². The van der Waals surface area contributed by atoms with Crippen molar-refractivity contribution in [3.63, 3.8) is 0 Å². The summed E-state index contributed by atoms with van der Waals surface area (Å²) in [5.74, 6) is 1.55. The third-order valence-corrected chi connectivity index (χ3v) is 6.82. The molecule has 1 aliphatic carbocycles. The topological polar surface area (TPSA) is 110 Å². The summed E-state index contributed by atoms with van der Waals surface area (Å²) < 4.78 is 5.97. The van der Waals surface area contributed by atoms with E-state index in [9.17, 15) is 9.59 Å². The van der Waals surface area contributed by atoms with E-state index >= 15 is 0 Å². The summed E-state index contributed by atoms with van der Waals surface area (Å²) >= 11 is 0. The van der Waals surface area contributed by atoms with Gasteiger partial charge in [-0.1, -0.05) is 38.2 Å². The van der Waals surface area contributed by atoms with Gasteiger partial charge in [0.2, 0.25) is 5.91 Å². The molecular formula is C27H34N4O5. The number of ether oxygens (including phenoxy) is 1. The Morgan fingerprint density at radius 2 is 1.67 bits per heavy atom. The Hall–Kier alpha value is -3.58. The van der Waals surface area contributed by atoms with Gasteiger partial charge in [0.05, 0.1) is 24.4 Å². The van der Waals surface area contributed by atoms with E-state index in [2.05, 4.69) is 9.97 Å². The molecule has 9 nitrogen and oxygen atoms in total. The molecule has 4 rings (SSSR count). The first-order chi connectivity index (χ1) is 17.5. The van der Waals surface area contributed by atoms with Crippen LogP contribution in [0.2, 0.25) is 0 Å². The van der Waals surface area contributed by atoms with E-state index < -0.39 is 0 Å². The quantitative estimate of drug-likeness (QED) is 0.582. The molecule has 2 heterocycles. The Balaban J connectivity index is 0.00000115. The Kier molecular flexibility index (Phi) is 10.6. The second-order valence-electron chi connectivity index (χ2n) is 9.19. The van der Waals surface area contributed by atoms with E-state index in [1.807, 2.05) is 41.0 Å². The molecular weight excluding hydrogens is 460 g/mol. The maximum absolute atomic E-state index is 13.0. The van der Waals surface area contributed by atoms with Gasteiger partial charge in [-0.15, -0.1) is 0 Å². The number of rotatable bonds is 7. The second-order valence-corrected chi connectivity index (χ2v) is 9.19. The zero-order valence-electron chi connectivity index (χ0n) is 20.9. The zero-order valence-corrected chi connectivity index (χ0v) is 20.9. The van der Waals surface area contributed by atoms with Crippen LogP contribution in [0.3, 0.4) is 0 Å². The highest BCUT2D eigenvalue weighted by Crippen LogP contribution is 2.26. The minimum atomic E-state index is -0.00963. The maximum atomic E-state index is 13.0. The number of carbonyl (C=O) groups is 2. The molecule has 2 fully saturated rings. The third-order valence-electron chi connectivity index (χ3n) is 6.82. The lowest BCUT2D eigenvalue weighted by Gasteiger charge is -2.35. The molecule has 0 bridgehead atoms. The summed E-state index contributed by atoms with van der Waals surface area (Å²) in [5, 5.41) is 0. The summed E-state index contributed by atoms with van der Waals surface area (Å²) in [6, 6.07) is 7.48. The van der Waals surface area contributed by atoms with Crippen molar-refractivity contribution < 1.29 is 23.9 Å². The fraction of sp³-hybridized carbons (Fsp3) is 0.519. The van der Waals surface area contributed by atoms with Gasteiger partial charge >= 0.3 is 6.15 Å². The van der Waals surface area contributed by atoms with Crippen LogP contribution in [0.4, 0.5) is 0 Å². The maximum Gasteiger partial charge on any atom is 0.373 e. The minimum Gasteiger partial charge on any atom is -0.494 e. The lowest BCUT2D eigenvalue weighted by molar-refractivity contribution is -0.191. The molecule has 2 aromatic rings. The van der Waals surface area contributed by atoms with Crippen LogP contribution in [0.1, 0.15) is 60.3 Å². The molecule has 1 saturated heterocycles. The van der Waals surface area contributed by atoms with E-state index in [1.165, 1.54) is 32.1 Å². The summed E-state index contributed by atoms with van der Waals surface area (Å²) in [6.45, 7) is 4.67. The molecule has 1 aliphatic heterocycles. The predicted molar refractivity (Wildman–Crippen MR) is 131 cm³/mol. The normalized spacial score (nSPS) is 15.9. The number of aryl methyl sites for hydroxylation is 1. The van der Waals surface area contributed by atoms with Crippen LogP contribution in [0.25, 0.3) is 0 Å². The molecule has 2 aliphatic rings. The van der Waals surface area contributed by atoms with Gasteiger partial charge in [0.1, 0.15) is 5.75 Å². The van der Waals surface area contributed by atoms with Crippen LogP contribution in [0.5, 0.6) is 5.75 Å². The van der Waals surface area contributed by atoms with Gasteiger partial charge < -0.3 is 14.5 Å². The van der Waals surface area contributed by atoms with Crippen molar-refractivity contribution in [2.75, 3.05) is 32.8 Å². The molecule has 0 unspecified atom stereocenters. The largest absolute Gasteiger partial charge is 0.494 e. The van der Waals surface area contributed by atoms with Gasteiger partial charge in [-0.05, 0) is 37.5 Å². The molecule has 192 valence electrons. The van der Waals surface area contributed by atoms with E-state index in [-0.39, 0.29) is 24.4 Å². The smallest absolute Gasteiger partial charge is 0.373 e. The average molecular weight is 495 g/mol. The molecule has 36 heavy (non-hydrogen) atoms. The standard InChI is InChI=1S/C26H34N4O3.CO2/c1-20-24(28-12-11-27-20)19-25(31)29-13-15-30(16-14-29)26(32)22-8-5-9-23(18-22)33-17-10-21-6-3-2-4-7-21;2-1-3/h5,8-9,11-12,18,21H,2-4,6-7,10,13-17,19H2,1H3;. The van der Waals surface area contributed by atoms with Crippen molar-refractivity contribution in [3.05, 3.63) is 53.6 Å². The van der Waals surface area contributed by atoms with Crippen molar-refractivity contribution in [2.45, 2.75) is 51.9 Å². The lowest BCUT2D eigenvalue weighted by Crippen LogP contribution is -2.51. The number of carbonyl (C=O) groups excluding carboxylic acids is 4. The number of aromatic nitrogens is 2. The van der Waals surface area contributed by atoms with Gasteiger partial charge in [-0.2, -0.15) is 9.59 Å². The molecule has 1 aromatic heterocycles. The average Bonchev–Trinajstić information content (AvgIpc) is 2.91. The number of nitrogens with zero attached hydrogens (tertiary/aromatic N) is 4. The van der Waals surface area contributed by atoms with Crippen LogP contribution < -0.4 is 4.74 Å². The Labute approximate surface area is 211 Å². The minimum absolute atomic E-state index is 0.00963. The summed E-state index contributed by atoms with van der Waals surface area (Å²) in [6.07, 6.45) is 11.5. The van der Waals surface area contributed by atoms with Gasteiger partial charge in [-0.3, -0.25) is 19.6 Å². The molecule has 0 atom stereocenters. The highest BCUT2D eigenvalue weighted by atomic mass is 16.5. The van der Waals surface area contributed by atoms with Gasteiger partial charge in [0.25, 0.3) is 5.91 Å². The van der Waals surface area contributed by atoms with Crippen molar-refractivity contribution in [2.24, 2.45) is 5.92 Å². The van der Waals surface area contributed by atoms with Crippen LogP contribution in [0.15, 0.2) is 36.7 Å². The third kappa shape index (κ3) is 7.99. The van der Waals surface area contributed by atoms with Gasteiger partial charge in [0, 0.05) is 44.1 Å². The summed E-state index contributed by atoms with van der Waals surface area (Å²) in [7, 11) is 0. The number of benzene rings is 1. The molecule has 0 spiro atoms. The Bertz CT molecular complexity index is 1040. The van der Waals surface area contributed by atoms with Crippen molar-refractivity contribution in [3.8, 4) is 5.75 Å². The van der Waals surface area contributed by atoms with Crippen LogP contribution >= 0.6 is 0 Å². The molecule has 1 aromatic carbocycles. The number of piperazine rings is 1. The highest BCUT2D eigenvalue weighted by Gasteiger charge is 2.25. The fourth-order valence-corrected chi connectivity index (χ4v) is 4.74. The van der Waals surface area contributed by atoms with Crippen molar-refractivity contribution in [1.29, 1.82) is 0 Å². The van der Waals surface area contributed by atoms with E-state index in [0.29, 0.717) is 44.0 Å². The number of hydrogen-bond donors (Lipinski definition) is 0. The first-order valence-corrected chi connectivity index (χ1v) is 12.6. The molecule has 0 radical (unpaired) electrons. The monoisotopic (exact) mass is 494 g/mol. The molecule has 1 saturated carbocycles.